The molecule has 1 amide bonds. The molecule has 1 fully saturated rings. The van der Waals surface area contributed by atoms with E-state index in [0.717, 1.165) is 25.1 Å². The van der Waals surface area contributed by atoms with Crippen molar-refractivity contribution in [3.63, 3.8) is 0 Å². The van der Waals surface area contributed by atoms with E-state index in [1.165, 1.54) is 18.2 Å². The number of likely N-dealkylation sites (tertiary alicyclic amines) is 1. The largest absolute Gasteiger partial charge is 0.496 e. The molecule has 6 nitrogen and oxygen atoms in total. The number of carbonyl (C=O) groups excluding carboxylic acids is 1. The van der Waals surface area contributed by atoms with Crippen LogP contribution in [0.2, 0.25) is 5.02 Å². The van der Waals surface area contributed by atoms with Crippen molar-refractivity contribution in [3.05, 3.63) is 23.2 Å². The number of piperidine rings is 1. The Hall–Kier alpha value is -1.73. The van der Waals surface area contributed by atoms with E-state index in [4.69, 9.17) is 16.3 Å². The standard InChI is InChI=1S/C17H21ClN4O2S/c1-11-4-3-7-22(9-11)15(23)10-25-17-19-16(20-21-17)13-8-12(18)5-6-14(13)24-2/h5-6,8,11H,3-4,7,9-10H2,1-2H3,(H,19,20,21)/t11-/m0/s1. The second kappa shape index (κ2) is 8.10. The van der Waals surface area contributed by atoms with Gasteiger partial charge >= 0.3 is 0 Å². The van der Waals surface area contributed by atoms with Gasteiger partial charge < -0.3 is 9.64 Å². The highest BCUT2D eigenvalue weighted by Crippen LogP contribution is 2.31. The maximum absolute atomic E-state index is 12.3. The van der Waals surface area contributed by atoms with Crippen molar-refractivity contribution in [1.82, 2.24) is 20.1 Å². The predicted molar refractivity (Wildman–Crippen MR) is 99.1 cm³/mol. The van der Waals surface area contributed by atoms with Crippen molar-refractivity contribution < 1.29 is 9.53 Å². The number of H-pyrrole nitrogens is 1. The van der Waals surface area contributed by atoms with E-state index in [1.807, 2.05) is 4.90 Å². The highest BCUT2D eigenvalue weighted by Gasteiger charge is 2.21. The highest BCUT2D eigenvalue weighted by molar-refractivity contribution is 7.99. The number of halogens is 1. The van der Waals surface area contributed by atoms with Gasteiger partial charge in [0.1, 0.15) is 5.75 Å². The molecule has 1 saturated heterocycles. The number of aromatic amines is 1. The number of nitrogens with one attached hydrogen (secondary N) is 1. The zero-order valence-electron chi connectivity index (χ0n) is 14.3. The van der Waals surface area contributed by atoms with Crippen LogP contribution < -0.4 is 4.74 Å². The second-order valence-corrected chi connectivity index (χ2v) is 7.57. The molecule has 1 aromatic carbocycles. The molecule has 0 spiro atoms. The van der Waals surface area contributed by atoms with E-state index in [-0.39, 0.29) is 5.91 Å². The van der Waals surface area contributed by atoms with Gasteiger partial charge in [-0.15, -0.1) is 5.10 Å². The minimum Gasteiger partial charge on any atom is -0.496 e. The number of carbonyl (C=O) groups is 1. The normalized spacial score (nSPS) is 17.6. The smallest absolute Gasteiger partial charge is 0.233 e. The van der Waals surface area contributed by atoms with Gasteiger partial charge in [0.25, 0.3) is 0 Å². The summed E-state index contributed by atoms with van der Waals surface area (Å²) >= 11 is 7.40. The van der Waals surface area contributed by atoms with Crippen LogP contribution in [0.25, 0.3) is 11.4 Å². The first-order valence-corrected chi connectivity index (χ1v) is 9.60. The minimum atomic E-state index is 0.142. The number of benzene rings is 1. The number of hydrogen-bond donors (Lipinski definition) is 1. The number of ether oxygens (including phenoxy) is 1. The second-order valence-electron chi connectivity index (χ2n) is 6.19. The van der Waals surface area contributed by atoms with Gasteiger partial charge in [-0.3, -0.25) is 9.89 Å². The van der Waals surface area contributed by atoms with Gasteiger partial charge in [-0.1, -0.05) is 30.3 Å². The molecule has 0 bridgehead atoms. The third kappa shape index (κ3) is 4.46. The summed E-state index contributed by atoms with van der Waals surface area (Å²) in [5.74, 6) is 2.30. The molecule has 1 aliphatic rings. The Balaban J connectivity index is 1.64. The SMILES string of the molecule is COc1ccc(Cl)cc1-c1nc(SCC(=O)N2CCC[C@H](C)C2)n[nH]1. The molecule has 134 valence electrons. The van der Waals surface area contributed by atoms with Crippen LogP contribution in [0.1, 0.15) is 19.8 Å². The molecule has 1 N–H and O–H groups in total. The summed E-state index contributed by atoms with van der Waals surface area (Å²) < 4.78 is 5.34. The van der Waals surface area contributed by atoms with E-state index in [2.05, 4.69) is 22.1 Å². The molecule has 1 aliphatic heterocycles. The number of rotatable bonds is 5. The fourth-order valence-electron chi connectivity index (χ4n) is 2.93. The third-order valence-corrected chi connectivity index (χ3v) is 5.28. The summed E-state index contributed by atoms with van der Waals surface area (Å²) in [6.45, 7) is 3.88. The molecular formula is C17H21ClN4O2S. The van der Waals surface area contributed by atoms with Crippen molar-refractivity contribution in [3.8, 4) is 17.1 Å². The topological polar surface area (TPSA) is 71.1 Å². The molecule has 8 heteroatoms. The lowest BCUT2D eigenvalue weighted by atomic mass is 10.0. The molecule has 1 atom stereocenters. The zero-order valence-corrected chi connectivity index (χ0v) is 15.9. The van der Waals surface area contributed by atoms with Crippen molar-refractivity contribution in [1.29, 1.82) is 0 Å². The van der Waals surface area contributed by atoms with Crippen LogP contribution in [0, 0.1) is 5.92 Å². The van der Waals surface area contributed by atoms with E-state index < -0.39 is 0 Å². The first kappa shape index (κ1) is 18.1. The predicted octanol–water partition coefficient (Wildman–Crippen LogP) is 3.48. The Kier molecular flexibility index (Phi) is 5.86. The average Bonchev–Trinajstić information content (AvgIpc) is 3.08. The molecule has 0 saturated carbocycles. The van der Waals surface area contributed by atoms with Gasteiger partial charge in [0.15, 0.2) is 5.82 Å². The summed E-state index contributed by atoms with van der Waals surface area (Å²) in [5, 5.41) is 8.21. The fourth-order valence-corrected chi connectivity index (χ4v) is 3.80. The first-order chi connectivity index (χ1) is 12.1. The van der Waals surface area contributed by atoms with Gasteiger partial charge in [-0.05, 0) is 37.0 Å². The lowest BCUT2D eigenvalue weighted by Gasteiger charge is -2.30. The Morgan fingerprint density at radius 1 is 1.52 bits per heavy atom. The average molecular weight is 381 g/mol. The summed E-state index contributed by atoms with van der Waals surface area (Å²) in [4.78, 5) is 18.7. The third-order valence-electron chi connectivity index (χ3n) is 4.22. The lowest BCUT2D eigenvalue weighted by molar-refractivity contribution is -0.130. The maximum atomic E-state index is 12.3. The van der Waals surface area contributed by atoms with Gasteiger partial charge in [0.2, 0.25) is 11.1 Å². The van der Waals surface area contributed by atoms with Crippen molar-refractivity contribution in [2.45, 2.75) is 24.9 Å². The van der Waals surface area contributed by atoms with Crippen molar-refractivity contribution in [2.75, 3.05) is 26.0 Å². The van der Waals surface area contributed by atoms with Crippen LogP contribution in [0.5, 0.6) is 5.75 Å². The molecular weight excluding hydrogens is 360 g/mol. The molecule has 1 aromatic heterocycles. The van der Waals surface area contributed by atoms with Crippen molar-refractivity contribution in [2.24, 2.45) is 5.92 Å². The molecule has 25 heavy (non-hydrogen) atoms. The highest BCUT2D eigenvalue weighted by atomic mass is 35.5. The fraction of sp³-hybridized carbons (Fsp3) is 0.471. The van der Waals surface area contributed by atoms with Crippen LogP contribution in [0.3, 0.4) is 0 Å². The molecule has 2 heterocycles. The van der Waals surface area contributed by atoms with E-state index >= 15 is 0 Å². The number of amides is 1. The zero-order chi connectivity index (χ0) is 17.8. The molecule has 2 aromatic rings. The lowest BCUT2D eigenvalue weighted by Crippen LogP contribution is -2.40. The van der Waals surface area contributed by atoms with Crippen molar-refractivity contribution >= 4 is 29.3 Å². The Labute approximate surface area is 156 Å². The molecule has 0 unspecified atom stereocenters. The van der Waals surface area contributed by atoms with Gasteiger partial charge in [-0.2, -0.15) is 0 Å². The number of thioether (sulfide) groups is 1. The van der Waals surface area contributed by atoms with Crippen LogP contribution in [0.4, 0.5) is 0 Å². The summed E-state index contributed by atoms with van der Waals surface area (Å²) in [7, 11) is 1.59. The van der Waals surface area contributed by atoms with Crippen LogP contribution in [-0.2, 0) is 4.79 Å². The van der Waals surface area contributed by atoms with Crippen LogP contribution >= 0.6 is 23.4 Å². The molecule has 0 aliphatic carbocycles. The summed E-state index contributed by atoms with van der Waals surface area (Å²) in [6, 6.07) is 5.32. The summed E-state index contributed by atoms with van der Waals surface area (Å²) in [6.07, 6.45) is 2.28. The van der Waals surface area contributed by atoms with E-state index in [1.54, 1.807) is 25.3 Å². The van der Waals surface area contributed by atoms with E-state index in [9.17, 15) is 4.79 Å². The molecule has 0 radical (unpaired) electrons. The Morgan fingerprint density at radius 3 is 3.12 bits per heavy atom. The number of nitrogens with zero attached hydrogens (tertiary/aromatic N) is 3. The minimum absolute atomic E-state index is 0.142. The van der Waals surface area contributed by atoms with Crippen LogP contribution in [-0.4, -0.2) is 51.9 Å². The summed E-state index contributed by atoms with van der Waals surface area (Å²) in [5.41, 5.74) is 0.741. The van der Waals surface area contributed by atoms with Gasteiger partial charge in [0, 0.05) is 18.1 Å². The number of hydrogen-bond acceptors (Lipinski definition) is 5. The van der Waals surface area contributed by atoms with E-state index in [0.29, 0.717) is 33.4 Å². The number of aromatic nitrogens is 3. The Bertz CT molecular complexity index is 752. The number of methoxy groups -OCH3 is 1. The quantitative estimate of drug-likeness (QED) is 0.804. The van der Waals surface area contributed by atoms with Crippen LogP contribution in [0.15, 0.2) is 23.4 Å². The monoisotopic (exact) mass is 380 g/mol. The Morgan fingerprint density at radius 2 is 2.36 bits per heavy atom. The maximum Gasteiger partial charge on any atom is 0.233 e. The molecule has 3 rings (SSSR count). The van der Waals surface area contributed by atoms with Gasteiger partial charge in [0.05, 0.1) is 18.4 Å². The first-order valence-electron chi connectivity index (χ1n) is 8.23. The van der Waals surface area contributed by atoms with Gasteiger partial charge in [-0.25, -0.2) is 4.98 Å².